The third-order valence-electron chi connectivity index (χ3n) is 2.42. The fourth-order valence-electron chi connectivity index (χ4n) is 1.72. The summed E-state index contributed by atoms with van der Waals surface area (Å²) in [5, 5.41) is 17.9. The summed E-state index contributed by atoms with van der Waals surface area (Å²) >= 11 is 0. The molecule has 0 amide bonds. The standard InChI is InChI=1S/C11H12N2O3.Na/c1-7-2-3-8-9(6-7)13(4-5-14)10(12-8)11(15)16;/h2-3,6,14H,4-5H2,1H3,(H,15,16);. The topological polar surface area (TPSA) is 75.3 Å². The van der Waals surface area contributed by atoms with Crippen LogP contribution in [0.25, 0.3) is 11.0 Å². The van der Waals surface area contributed by atoms with Gasteiger partial charge in [-0.15, -0.1) is 0 Å². The number of fused-ring (bicyclic) bond motifs is 1. The van der Waals surface area contributed by atoms with Crippen molar-refractivity contribution in [3.05, 3.63) is 29.6 Å². The minimum absolute atomic E-state index is 0. The van der Waals surface area contributed by atoms with Crippen LogP contribution in [0, 0.1) is 6.92 Å². The van der Waals surface area contributed by atoms with Crippen molar-refractivity contribution in [2.24, 2.45) is 0 Å². The summed E-state index contributed by atoms with van der Waals surface area (Å²) in [6.45, 7) is 2.05. The first-order chi connectivity index (χ1) is 7.63. The predicted molar refractivity (Wildman–Crippen MR) is 64.3 cm³/mol. The maximum atomic E-state index is 11.0. The summed E-state index contributed by atoms with van der Waals surface area (Å²) in [5.74, 6) is -1.11. The van der Waals surface area contributed by atoms with E-state index in [1.807, 2.05) is 19.1 Å². The van der Waals surface area contributed by atoms with Crippen LogP contribution in [0.5, 0.6) is 0 Å². The molecule has 2 N–H and O–H groups in total. The Balaban J connectivity index is 0.00000144. The number of carbonyl (C=O) groups is 1. The van der Waals surface area contributed by atoms with Gasteiger partial charge in [0.25, 0.3) is 0 Å². The molecular formula is C11H12N2NaO3. The van der Waals surface area contributed by atoms with E-state index in [0.29, 0.717) is 5.52 Å². The second-order valence-corrected chi connectivity index (χ2v) is 3.61. The molecule has 85 valence electrons. The Labute approximate surface area is 120 Å². The van der Waals surface area contributed by atoms with Gasteiger partial charge in [-0.2, -0.15) is 0 Å². The Morgan fingerprint density at radius 1 is 1.47 bits per heavy atom. The molecule has 17 heavy (non-hydrogen) atoms. The van der Waals surface area contributed by atoms with E-state index in [1.54, 1.807) is 6.07 Å². The van der Waals surface area contributed by atoms with Gasteiger partial charge in [0, 0.05) is 36.1 Å². The average molecular weight is 243 g/mol. The number of imidazole rings is 1. The quantitative estimate of drug-likeness (QED) is 0.776. The Morgan fingerprint density at radius 3 is 2.76 bits per heavy atom. The van der Waals surface area contributed by atoms with Crippen LogP contribution in [-0.4, -0.2) is 61.9 Å². The minimum Gasteiger partial charge on any atom is -0.475 e. The van der Waals surface area contributed by atoms with Crippen molar-refractivity contribution in [1.29, 1.82) is 0 Å². The fourth-order valence-corrected chi connectivity index (χ4v) is 1.72. The molecular weight excluding hydrogens is 231 g/mol. The van der Waals surface area contributed by atoms with E-state index in [0.717, 1.165) is 11.1 Å². The van der Waals surface area contributed by atoms with Gasteiger partial charge in [-0.05, 0) is 24.6 Å². The first-order valence-electron chi connectivity index (χ1n) is 4.94. The second kappa shape index (κ2) is 5.64. The first-order valence-corrected chi connectivity index (χ1v) is 4.94. The first kappa shape index (κ1) is 14.2. The van der Waals surface area contributed by atoms with Crippen LogP contribution in [0.1, 0.15) is 16.2 Å². The largest absolute Gasteiger partial charge is 0.475 e. The SMILES string of the molecule is Cc1ccc2nc(C(=O)O)n(CCO)c2c1.[Na]. The summed E-state index contributed by atoms with van der Waals surface area (Å²) in [5.41, 5.74) is 2.41. The van der Waals surface area contributed by atoms with Gasteiger partial charge in [0.05, 0.1) is 17.6 Å². The van der Waals surface area contributed by atoms with Crippen LogP contribution in [0.15, 0.2) is 18.2 Å². The molecule has 0 aliphatic heterocycles. The average Bonchev–Trinajstić information content (AvgIpc) is 2.58. The Hall–Kier alpha value is -0.880. The number of aliphatic hydroxyl groups is 1. The van der Waals surface area contributed by atoms with Crippen molar-refractivity contribution in [2.45, 2.75) is 13.5 Å². The van der Waals surface area contributed by atoms with E-state index in [2.05, 4.69) is 4.98 Å². The second-order valence-electron chi connectivity index (χ2n) is 3.61. The number of aryl methyl sites for hydroxylation is 1. The molecule has 0 bridgehead atoms. The van der Waals surface area contributed by atoms with Gasteiger partial charge in [0.1, 0.15) is 0 Å². The van der Waals surface area contributed by atoms with E-state index in [4.69, 9.17) is 10.2 Å². The van der Waals surface area contributed by atoms with E-state index >= 15 is 0 Å². The molecule has 6 heteroatoms. The maximum Gasteiger partial charge on any atom is 0.372 e. The molecule has 0 saturated heterocycles. The van der Waals surface area contributed by atoms with Crippen molar-refractivity contribution in [3.63, 3.8) is 0 Å². The maximum absolute atomic E-state index is 11.0. The van der Waals surface area contributed by atoms with Crippen LogP contribution < -0.4 is 0 Å². The van der Waals surface area contributed by atoms with Gasteiger partial charge in [0.2, 0.25) is 5.82 Å². The van der Waals surface area contributed by atoms with Gasteiger partial charge in [0.15, 0.2) is 0 Å². The zero-order valence-corrected chi connectivity index (χ0v) is 11.8. The minimum atomic E-state index is -1.08. The van der Waals surface area contributed by atoms with Crippen molar-refractivity contribution >= 4 is 46.6 Å². The molecule has 0 fully saturated rings. The zero-order valence-electron chi connectivity index (χ0n) is 9.84. The van der Waals surface area contributed by atoms with Gasteiger partial charge >= 0.3 is 5.97 Å². The summed E-state index contributed by atoms with van der Waals surface area (Å²) < 4.78 is 1.52. The summed E-state index contributed by atoms with van der Waals surface area (Å²) in [4.78, 5) is 15.0. The number of aromatic carboxylic acids is 1. The summed E-state index contributed by atoms with van der Waals surface area (Å²) in [7, 11) is 0. The molecule has 2 aromatic rings. The summed E-state index contributed by atoms with van der Waals surface area (Å²) in [6, 6.07) is 5.53. The van der Waals surface area contributed by atoms with Crippen LogP contribution >= 0.6 is 0 Å². The van der Waals surface area contributed by atoms with Crippen molar-refractivity contribution < 1.29 is 15.0 Å². The van der Waals surface area contributed by atoms with E-state index in [1.165, 1.54) is 4.57 Å². The Bertz CT molecular complexity index is 551. The molecule has 0 aliphatic carbocycles. The van der Waals surface area contributed by atoms with E-state index in [-0.39, 0.29) is 48.5 Å². The number of carboxylic acid groups (broad SMARTS) is 1. The summed E-state index contributed by atoms with van der Waals surface area (Å²) in [6.07, 6.45) is 0. The predicted octanol–water partition coefficient (Wildman–Crippen LogP) is 0.654. The van der Waals surface area contributed by atoms with Crippen molar-refractivity contribution in [2.75, 3.05) is 6.61 Å². The molecule has 0 aliphatic rings. The van der Waals surface area contributed by atoms with Gasteiger partial charge < -0.3 is 14.8 Å². The number of aliphatic hydroxyl groups excluding tert-OH is 1. The normalized spacial score (nSPS) is 10.2. The number of nitrogens with zero attached hydrogens (tertiary/aromatic N) is 2. The molecule has 2 rings (SSSR count). The van der Waals surface area contributed by atoms with Gasteiger partial charge in [-0.3, -0.25) is 0 Å². The molecule has 0 spiro atoms. The number of hydrogen-bond acceptors (Lipinski definition) is 3. The van der Waals surface area contributed by atoms with Crippen LogP contribution in [0.3, 0.4) is 0 Å². The Kier molecular flexibility index (Phi) is 4.70. The Morgan fingerprint density at radius 2 is 2.18 bits per heavy atom. The number of aromatic nitrogens is 2. The van der Waals surface area contributed by atoms with Gasteiger partial charge in [-0.1, -0.05) is 6.07 Å². The molecule has 5 nitrogen and oxygen atoms in total. The molecule has 0 unspecified atom stereocenters. The van der Waals surface area contributed by atoms with Gasteiger partial charge in [-0.25, -0.2) is 9.78 Å². The van der Waals surface area contributed by atoms with Crippen LogP contribution in [0.2, 0.25) is 0 Å². The van der Waals surface area contributed by atoms with Crippen LogP contribution in [0.4, 0.5) is 0 Å². The molecule has 1 radical (unpaired) electrons. The number of rotatable bonds is 3. The monoisotopic (exact) mass is 243 g/mol. The molecule has 1 heterocycles. The smallest absolute Gasteiger partial charge is 0.372 e. The molecule has 0 atom stereocenters. The molecule has 1 aromatic carbocycles. The third kappa shape index (κ3) is 2.69. The van der Waals surface area contributed by atoms with Crippen molar-refractivity contribution in [1.82, 2.24) is 9.55 Å². The third-order valence-corrected chi connectivity index (χ3v) is 2.42. The number of carboxylic acids is 1. The number of benzene rings is 1. The van der Waals surface area contributed by atoms with Crippen LogP contribution in [-0.2, 0) is 6.54 Å². The van der Waals surface area contributed by atoms with Crippen molar-refractivity contribution in [3.8, 4) is 0 Å². The molecule has 1 aromatic heterocycles. The number of hydrogen-bond donors (Lipinski definition) is 2. The fraction of sp³-hybridized carbons (Fsp3) is 0.273. The zero-order chi connectivity index (χ0) is 11.7. The van der Waals surface area contributed by atoms with E-state index < -0.39 is 5.97 Å². The molecule has 0 saturated carbocycles. The van der Waals surface area contributed by atoms with E-state index in [9.17, 15) is 4.79 Å².